The van der Waals surface area contributed by atoms with Crippen molar-refractivity contribution in [3.63, 3.8) is 0 Å². The van der Waals surface area contributed by atoms with E-state index in [2.05, 4.69) is 10.1 Å². The van der Waals surface area contributed by atoms with E-state index in [4.69, 9.17) is 17.0 Å². The number of alkyl halides is 1. The van der Waals surface area contributed by atoms with Gasteiger partial charge in [-0.05, 0) is 0 Å². The molecule has 0 radical (unpaired) electrons. The number of carbonyl (C=O) groups excluding carboxylic acids is 1. The van der Waals surface area contributed by atoms with Crippen molar-refractivity contribution >= 4 is 23.5 Å². The highest BCUT2D eigenvalue weighted by molar-refractivity contribution is 6.28. The van der Waals surface area contributed by atoms with Crippen LogP contribution in [0.5, 0.6) is 0 Å². The smallest absolute Gasteiger partial charge is 0.288 e. The molecular formula is C4H7ClN2O2. The minimum atomic E-state index is -0.441. The molecule has 0 fully saturated rings. The Hall–Kier alpha value is -0.770. The standard InChI is InChI=1S/C4H7ClN2O2/c1-9-4(6)7-3(8)2-5/h2H2,1H3,(H2,6,7,8). The third-order valence-electron chi connectivity index (χ3n) is 0.578. The molecule has 0 aromatic heterocycles. The van der Waals surface area contributed by atoms with Gasteiger partial charge in [0.05, 0.1) is 7.11 Å². The molecule has 0 aromatic carbocycles. The van der Waals surface area contributed by atoms with Crippen LogP contribution in [0.4, 0.5) is 0 Å². The van der Waals surface area contributed by atoms with Crippen LogP contribution >= 0.6 is 11.6 Å². The van der Waals surface area contributed by atoms with E-state index in [1.165, 1.54) is 7.11 Å². The van der Waals surface area contributed by atoms with Gasteiger partial charge in [-0.3, -0.25) is 15.5 Å². The summed E-state index contributed by atoms with van der Waals surface area (Å²) in [5.41, 5.74) is 0. The van der Waals surface area contributed by atoms with E-state index in [0.717, 1.165) is 0 Å². The Morgan fingerprint density at radius 2 is 2.44 bits per heavy atom. The van der Waals surface area contributed by atoms with E-state index in [0.29, 0.717) is 0 Å². The topological polar surface area (TPSA) is 62.2 Å². The van der Waals surface area contributed by atoms with Gasteiger partial charge in [-0.25, -0.2) is 0 Å². The number of hydrogen-bond donors (Lipinski definition) is 2. The molecule has 5 heteroatoms. The Bertz CT molecular complexity index is 112. The van der Waals surface area contributed by atoms with Crippen LogP contribution < -0.4 is 5.32 Å². The van der Waals surface area contributed by atoms with Crippen molar-refractivity contribution < 1.29 is 9.53 Å². The first-order chi connectivity index (χ1) is 4.20. The van der Waals surface area contributed by atoms with Gasteiger partial charge < -0.3 is 4.74 Å². The van der Waals surface area contributed by atoms with Crippen LogP contribution in [0.2, 0.25) is 0 Å². The van der Waals surface area contributed by atoms with Crippen molar-refractivity contribution in [2.75, 3.05) is 13.0 Å². The Morgan fingerprint density at radius 1 is 1.89 bits per heavy atom. The highest BCUT2D eigenvalue weighted by Crippen LogP contribution is 1.74. The van der Waals surface area contributed by atoms with E-state index in [1.807, 2.05) is 0 Å². The Labute approximate surface area is 57.6 Å². The van der Waals surface area contributed by atoms with Crippen molar-refractivity contribution in [1.29, 1.82) is 5.41 Å². The van der Waals surface area contributed by atoms with Crippen molar-refractivity contribution in [2.24, 2.45) is 0 Å². The summed E-state index contributed by atoms with van der Waals surface area (Å²) in [5.74, 6) is -0.602. The fraction of sp³-hybridized carbons (Fsp3) is 0.500. The van der Waals surface area contributed by atoms with Crippen molar-refractivity contribution in [3.8, 4) is 0 Å². The molecule has 52 valence electrons. The molecule has 0 heterocycles. The predicted molar refractivity (Wildman–Crippen MR) is 33.6 cm³/mol. The quantitative estimate of drug-likeness (QED) is 0.312. The van der Waals surface area contributed by atoms with Gasteiger partial charge in [-0.1, -0.05) is 0 Å². The van der Waals surface area contributed by atoms with Gasteiger partial charge in [0, 0.05) is 0 Å². The molecule has 0 aliphatic rings. The Morgan fingerprint density at radius 3 is 2.78 bits per heavy atom. The largest absolute Gasteiger partial charge is 0.468 e. The lowest BCUT2D eigenvalue weighted by atomic mass is 10.7. The van der Waals surface area contributed by atoms with Crippen LogP contribution in [0.25, 0.3) is 0 Å². The average molecular weight is 151 g/mol. The van der Waals surface area contributed by atoms with E-state index >= 15 is 0 Å². The lowest BCUT2D eigenvalue weighted by Gasteiger charge is -2.00. The zero-order chi connectivity index (χ0) is 7.28. The summed E-state index contributed by atoms with van der Waals surface area (Å²) in [5, 5.41) is 8.83. The second kappa shape index (κ2) is 4.14. The molecule has 0 aliphatic heterocycles. The molecule has 9 heavy (non-hydrogen) atoms. The number of hydrogen-bond acceptors (Lipinski definition) is 3. The summed E-state index contributed by atoms with van der Waals surface area (Å²) in [6.07, 6.45) is 0. The van der Waals surface area contributed by atoms with Crippen molar-refractivity contribution in [3.05, 3.63) is 0 Å². The maximum atomic E-state index is 10.3. The van der Waals surface area contributed by atoms with Gasteiger partial charge in [-0.2, -0.15) is 0 Å². The number of nitrogens with one attached hydrogen (secondary N) is 2. The fourth-order valence-electron chi connectivity index (χ4n) is 0.211. The number of rotatable bonds is 1. The first-order valence-corrected chi connectivity index (χ1v) is 2.72. The van der Waals surface area contributed by atoms with Crippen LogP contribution in [0.15, 0.2) is 0 Å². The summed E-state index contributed by atoms with van der Waals surface area (Å²) < 4.78 is 4.32. The molecule has 0 bridgehead atoms. The molecule has 2 N–H and O–H groups in total. The van der Waals surface area contributed by atoms with Crippen LogP contribution in [-0.2, 0) is 9.53 Å². The zero-order valence-corrected chi connectivity index (χ0v) is 5.66. The minimum Gasteiger partial charge on any atom is -0.468 e. The first-order valence-electron chi connectivity index (χ1n) is 2.19. The number of amidine groups is 1. The Kier molecular flexibility index (Phi) is 3.79. The number of carbonyl (C=O) groups is 1. The monoisotopic (exact) mass is 150 g/mol. The minimum absolute atomic E-state index is 0.161. The van der Waals surface area contributed by atoms with Crippen molar-refractivity contribution in [2.45, 2.75) is 0 Å². The molecule has 0 saturated carbocycles. The third-order valence-corrected chi connectivity index (χ3v) is 0.821. The van der Waals surface area contributed by atoms with Crippen molar-refractivity contribution in [1.82, 2.24) is 5.32 Å². The maximum absolute atomic E-state index is 10.3. The number of methoxy groups -OCH3 is 1. The summed E-state index contributed by atoms with van der Waals surface area (Å²) in [6.45, 7) is 0. The SMILES string of the molecule is COC(=N)NC(=O)CCl. The molecule has 0 aliphatic carbocycles. The van der Waals surface area contributed by atoms with Gasteiger partial charge in [0.1, 0.15) is 5.88 Å². The number of halogens is 1. The number of ether oxygens (including phenoxy) is 1. The molecule has 0 spiro atoms. The second-order valence-electron chi connectivity index (χ2n) is 1.22. The van der Waals surface area contributed by atoms with Gasteiger partial charge in [0.2, 0.25) is 5.91 Å². The van der Waals surface area contributed by atoms with Gasteiger partial charge in [0.25, 0.3) is 6.02 Å². The third kappa shape index (κ3) is 3.78. The number of amides is 1. The van der Waals surface area contributed by atoms with E-state index in [-0.39, 0.29) is 11.9 Å². The molecule has 1 amide bonds. The molecule has 0 rings (SSSR count). The summed E-state index contributed by atoms with van der Waals surface area (Å²) in [6, 6.07) is -0.291. The zero-order valence-electron chi connectivity index (χ0n) is 4.90. The fourth-order valence-corrected chi connectivity index (χ4v) is 0.278. The highest BCUT2D eigenvalue weighted by atomic mass is 35.5. The molecule has 4 nitrogen and oxygen atoms in total. The normalized spacial score (nSPS) is 8.22. The summed E-state index contributed by atoms with van der Waals surface area (Å²) in [7, 11) is 1.29. The Balaban J connectivity index is 3.47. The van der Waals surface area contributed by atoms with Gasteiger partial charge in [0.15, 0.2) is 0 Å². The average Bonchev–Trinajstić information content (AvgIpc) is 1.87. The van der Waals surface area contributed by atoms with Gasteiger partial charge in [-0.15, -0.1) is 11.6 Å². The second-order valence-corrected chi connectivity index (χ2v) is 1.48. The molecule has 0 aromatic rings. The van der Waals surface area contributed by atoms with E-state index in [9.17, 15) is 4.79 Å². The van der Waals surface area contributed by atoms with Crippen LogP contribution in [0.3, 0.4) is 0 Å². The predicted octanol–water partition coefficient (Wildman–Crippen LogP) is -0.0774. The summed E-state index contributed by atoms with van der Waals surface area (Å²) in [4.78, 5) is 10.3. The highest BCUT2D eigenvalue weighted by Gasteiger charge is 1.99. The summed E-state index contributed by atoms with van der Waals surface area (Å²) >= 11 is 5.09. The molecule has 0 unspecified atom stereocenters. The van der Waals surface area contributed by atoms with Crippen LogP contribution in [-0.4, -0.2) is 24.9 Å². The molecule has 0 saturated heterocycles. The van der Waals surface area contributed by atoms with Crippen LogP contribution in [0, 0.1) is 5.41 Å². The first kappa shape index (κ1) is 8.23. The van der Waals surface area contributed by atoms with Gasteiger partial charge >= 0.3 is 0 Å². The van der Waals surface area contributed by atoms with E-state index in [1.54, 1.807) is 0 Å². The van der Waals surface area contributed by atoms with E-state index < -0.39 is 5.91 Å². The maximum Gasteiger partial charge on any atom is 0.288 e. The molecular weight excluding hydrogens is 144 g/mol. The lowest BCUT2D eigenvalue weighted by molar-refractivity contribution is -0.117. The van der Waals surface area contributed by atoms with Crippen LogP contribution in [0.1, 0.15) is 0 Å². The lowest BCUT2D eigenvalue weighted by Crippen LogP contribution is -2.31. The molecule has 0 atom stereocenters.